The van der Waals surface area contributed by atoms with Gasteiger partial charge in [0.25, 0.3) is 0 Å². The van der Waals surface area contributed by atoms with Crippen LogP contribution in [0.4, 0.5) is 22.0 Å². The summed E-state index contributed by atoms with van der Waals surface area (Å²) >= 11 is 0. The van der Waals surface area contributed by atoms with Crippen LogP contribution < -0.4 is 0 Å². The molecule has 0 amide bonds. The van der Waals surface area contributed by atoms with Gasteiger partial charge in [0.15, 0.2) is 0 Å². The zero-order valence-corrected chi connectivity index (χ0v) is 8.59. The van der Waals surface area contributed by atoms with Crippen LogP contribution in [0.15, 0.2) is 6.33 Å². The van der Waals surface area contributed by atoms with Crippen LogP contribution in [0.25, 0.3) is 0 Å². The van der Waals surface area contributed by atoms with Crippen LogP contribution in [-0.4, -0.2) is 20.9 Å². The van der Waals surface area contributed by atoms with Crippen LogP contribution >= 0.6 is 0 Å². The highest BCUT2D eigenvalue weighted by Gasteiger charge is 2.61. The van der Waals surface area contributed by atoms with Crippen molar-refractivity contribution < 1.29 is 22.0 Å². The van der Waals surface area contributed by atoms with Gasteiger partial charge in [0.05, 0.1) is 0 Å². The van der Waals surface area contributed by atoms with Gasteiger partial charge in [-0.25, -0.2) is 0 Å². The Morgan fingerprint density at radius 2 is 1.81 bits per heavy atom. The predicted molar refractivity (Wildman–Crippen MR) is 44.8 cm³/mol. The molecular weight excluding hydrogens is 233 g/mol. The number of alkyl halides is 5. The van der Waals surface area contributed by atoms with Crippen molar-refractivity contribution in [3.63, 3.8) is 0 Å². The summed E-state index contributed by atoms with van der Waals surface area (Å²) in [6.07, 6.45) is -4.79. The Morgan fingerprint density at radius 1 is 1.25 bits per heavy atom. The molecule has 0 spiro atoms. The van der Waals surface area contributed by atoms with Crippen molar-refractivity contribution in [2.24, 2.45) is 5.92 Å². The molecule has 0 unspecified atom stereocenters. The van der Waals surface area contributed by atoms with E-state index in [9.17, 15) is 22.0 Å². The van der Waals surface area contributed by atoms with E-state index in [-0.39, 0.29) is 12.5 Å². The van der Waals surface area contributed by atoms with Gasteiger partial charge in [0.2, 0.25) is 5.82 Å². The minimum absolute atomic E-state index is 0.00794. The molecule has 1 aromatic rings. The van der Waals surface area contributed by atoms with E-state index < -0.39 is 17.9 Å². The average Bonchev–Trinajstić information content (AvgIpc) is 2.49. The Labute approximate surface area is 88.3 Å². The van der Waals surface area contributed by atoms with Crippen molar-refractivity contribution in [3.05, 3.63) is 12.2 Å². The minimum atomic E-state index is -5.66. The van der Waals surface area contributed by atoms with E-state index in [0.717, 1.165) is 10.9 Å². The molecule has 0 aliphatic heterocycles. The molecule has 0 aliphatic rings. The number of nitrogens with zero attached hydrogens (tertiary/aromatic N) is 3. The van der Waals surface area contributed by atoms with Crippen LogP contribution in [0.5, 0.6) is 0 Å². The highest BCUT2D eigenvalue weighted by atomic mass is 19.4. The van der Waals surface area contributed by atoms with Gasteiger partial charge in [-0.05, 0) is 5.92 Å². The second-order valence-corrected chi connectivity index (χ2v) is 3.77. The molecule has 1 rings (SSSR count). The lowest BCUT2D eigenvalue weighted by Gasteiger charge is -2.19. The number of hydrogen-bond donors (Lipinski definition) is 0. The number of halogens is 5. The Bertz CT molecular complexity index is 355. The fraction of sp³-hybridized carbons (Fsp3) is 0.750. The predicted octanol–water partition coefficient (Wildman–Crippen LogP) is 2.59. The van der Waals surface area contributed by atoms with E-state index >= 15 is 0 Å². The zero-order valence-electron chi connectivity index (χ0n) is 8.59. The highest BCUT2D eigenvalue weighted by Crippen LogP contribution is 2.42. The fourth-order valence-corrected chi connectivity index (χ4v) is 1.15. The van der Waals surface area contributed by atoms with Gasteiger partial charge >= 0.3 is 12.1 Å². The van der Waals surface area contributed by atoms with Gasteiger partial charge in [-0.1, -0.05) is 13.8 Å². The van der Waals surface area contributed by atoms with E-state index in [1.54, 1.807) is 13.8 Å². The summed E-state index contributed by atoms with van der Waals surface area (Å²) in [6, 6.07) is 0. The Hall–Kier alpha value is -1.21. The topological polar surface area (TPSA) is 30.7 Å². The van der Waals surface area contributed by atoms with E-state index in [0.29, 0.717) is 0 Å². The maximum Gasteiger partial charge on any atom is 0.461 e. The fourth-order valence-electron chi connectivity index (χ4n) is 1.15. The van der Waals surface area contributed by atoms with Gasteiger partial charge in [-0.3, -0.25) is 0 Å². The Morgan fingerprint density at radius 3 is 2.25 bits per heavy atom. The van der Waals surface area contributed by atoms with Crippen molar-refractivity contribution in [3.8, 4) is 0 Å². The summed E-state index contributed by atoms with van der Waals surface area (Å²) in [5.41, 5.74) is 0. The lowest BCUT2D eigenvalue weighted by Crippen LogP contribution is -2.36. The summed E-state index contributed by atoms with van der Waals surface area (Å²) in [5, 5.41) is 5.94. The molecule has 0 radical (unpaired) electrons. The monoisotopic (exact) mass is 243 g/mol. The maximum atomic E-state index is 13.0. The molecule has 0 aliphatic carbocycles. The van der Waals surface area contributed by atoms with Gasteiger partial charge in [-0.15, -0.1) is 10.2 Å². The second-order valence-electron chi connectivity index (χ2n) is 3.77. The van der Waals surface area contributed by atoms with Crippen molar-refractivity contribution in [1.82, 2.24) is 14.8 Å². The van der Waals surface area contributed by atoms with E-state index in [2.05, 4.69) is 10.2 Å². The van der Waals surface area contributed by atoms with Crippen LogP contribution in [0.1, 0.15) is 19.7 Å². The van der Waals surface area contributed by atoms with Crippen LogP contribution in [0.3, 0.4) is 0 Å². The molecule has 0 fully saturated rings. The molecule has 16 heavy (non-hydrogen) atoms. The molecule has 1 aromatic heterocycles. The molecule has 0 atom stereocenters. The molecule has 0 saturated heterocycles. The van der Waals surface area contributed by atoms with Gasteiger partial charge in [0, 0.05) is 6.54 Å². The second kappa shape index (κ2) is 3.99. The number of aromatic nitrogens is 3. The van der Waals surface area contributed by atoms with Crippen LogP contribution in [0, 0.1) is 5.92 Å². The van der Waals surface area contributed by atoms with Crippen LogP contribution in [0.2, 0.25) is 0 Å². The Balaban J connectivity index is 3.09. The van der Waals surface area contributed by atoms with Crippen molar-refractivity contribution in [1.29, 1.82) is 0 Å². The quantitative estimate of drug-likeness (QED) is 0.764. The highest BCUT2D eigenvalue weighted by molar-refractivity contribution is 5.00. The van der Waals surface area contributed by atoms with Crippen molar-refractivity contribution in [2.75, 3.05) is 0 Å². The summed E-state index contributed by atoms with van der Waals surface area (Å²) in [4.78, 5) is 0. The molecule has 0 N–H and O–H groups in total. The summed E-state index contributed by atoms with van der Waals surface area (Å²) < 4.78 is 62.9. The molecule has 3 nitrogen and oxygen atoms in total. The summed E-state index contributed by atoms with van der Waals surface area (Å²) in [6.45, 7) is 3.39. The van der Waals surface area contributed by atoms with E-state index in [4.69, 9.17) is 0 Å². The average molecular weight is 243 g/mol. The molecule has 92 valence electrons. The third-order valence-electron chi connectivity index (χ3n) is 1.81. The Kier molecular flexibility index (Phi) is 3.20. The minimum Gasteiger partial charge on any atom is -0.312 e. The molecule has 1 heterocycles. The van der Waals surface area contributed by atoms with Crippen molar-refractivity contribution >= 4 is 0 Å². The largest absolute Gasteiger partial charge is 0.461 e. The lowest BCUT2D eigenvalue weighted by molar-refractivity contribution is -0.293. The number of hydrogen-bond acceptors (Lipinski definition) is 2. The lowest BCUT2D eigenvalue weighted by atomic mass is 10.2. The first-order valence-corrected chi connectivity index (χ1v) is 4.49. The SMILES string of the molecule is CC(C)Cn1cnnc1C(F)(F)C(F)(F)F. The molecular formula is C8H10F5N3. The summed E-state index contributed by atoms with van der Waals surface area (Å²) in [7, 11) is 0. The molecule has 0 saturated carbocycles. The molecule has 0 bridgehead atoms. The first-order valence-electron chi connectivity index (χ1n) is 4.49. The van der Waals surface area contributed by atoms with E-state index in [1.807, 2.05) is 0 Å². The first-order chi connectivity index (χ1) is 7.16. The molecule has 0 aromatic carbocycles. The third kappa shape index (κ3) is 2.30. The smallest absolute Gasteiger partial charge is 0.312 e. The van der Waals surface area contributed by atoms with Crippen molar-refractivity contribution in [2.45, 2.75) is 32.5 Å². The van der Waals surface area contributed by atoms with Gasteiger partial charge in [0.1, 0.15) is 6.33 Å². The normalized spacial score (nSPS) is 13.5. The maximum absolute atomic E-state index is 13.0. The standard InChI is InChI=1S/C8H10F5N3/c1-5(2)3-16-4-14-15-6(16)7(9,10)8(11,12)13/h4-5H,3H2,1-2H3. The van der Waals surface area contributed by atoms with E-state index in [1.165, 1.54) is 0 Å². The molecule has 8 heteroatoms. The zero-order chi connectivity index (χ0) is 12.6. The third-order valence-corrected chi connectivity index (χ3v) is 1.81. The van der Waals surface area contributed by atoms with Gasteiger partial charge in [-0.2, -0.15) is 22.0 Å². The number of rotatable bonds is 3. The first kappa shape index (κ1) is 12.9. The van der Waals surface area contributed by atoms with Gasteiger partial charge < -0.3 is 4.57 Å². The van der Waals surface area contributed by atoms with Crippen LogP contribution in [-0.2, 0) is 12.5 Å². The summed E-state index contributed by atoms with van der Waals surface area (Å²) in [5.74, 6) is -6.43.